The van der Waals surface area contributed by atoms with Gasteiger partial charge in [-0.1, -0.05) is 36.4 Å². The Balaban J connectivity index is 1.44. The predicted octanol–water partition coefficient (Wildman–Crippen LogP) is 6.61. The van der Waals surface area contributed by atoms with Gasteiger partial charge in [0.25, 0.3) is 5.91 Å². The Labute approximate surface area is 217 Å². The second-order valence-corrected chi connectivity index (χ2v) is 9.31. The summed E-state index contributed by atoms with van der Waals surface area (Å²) in [6.45, 7) is -2.75. The SMILES string of the molecule is O=C(NCCc1ccc(OCC(F)(F)F)c(OCC(F)(F)F)c1)c1cc2sccc2n1Cc1ccccc1. The minimum atomic E-state index is -4.69. The van der Waals surface area contributed by atoms with Crippen molar-refractivity contribution < 1.29 is 40.6 Å². The van der Waals surface area contributed by atoms with Gasteiger partial charge in [-0.05, 0) is 47.2 Å². The van der Waals surface area contributed by atoms with E-state index in [1.54, 1.807) is 6.07 Å². The molecule has 1 N–H and O–H groups in total. The first-order chi connectivity index (χ1) is 18.0. The van der Waals surface area contributed by atoms with Crippen molar-refractivity contribution in [2.45, 2.75) is 25.3 Å². The largest absolute Gasteiger partial charge is 0.480 e. The zero-order valence-corrected chi connectivity index (χ0v) is 20.6. The topological polar surface area (TPSA) is 52.5 Å². The summed E-state index contributed by atoms with van der Waals surface area (Å²) in [4.78, 5) is 13.0. The second kappa shape index (κ2) is 11.4. The van der Waals surface area contributed by atoms with E-state index in [2.05, 4.69) is 10.1 Å². The Bertz CT molecular complexity index is 1380. The van der Waals surface area contributed by atoms with Crippen molar-refractivity contribution in [1.29, 1.82) is 0 Å². The molecule has 5 nitrogen and oxygen atoms in total. The summed E-state index contributed by atoms with van der Waals surface area (Å²) in [6, 6.07) is 17.1. The maximum Gasteiger partial charge on any atom is 0.422 e. The van der Waals surface area contributed by atoms with E-state index in [-0.39, 0.29) is 18.9 Å². The predicted molar refractivity (Wildman–Crippen MR) is 131 cm³/mol. The molecule has 12 heteroatoms. The van der Waals surface area contributed by atoms with E-state index in [1.165, 1.54) is 23.5 Å². The van der Waals surface area contributed by atoms with Gasteiger partial charge in [0, 0.05) is 13.1 Å². The number of nitrogens with zero attached hydrogens (tertiary/aromatic N) is 1. The van der Waals surface area contributed by atoms with Crippen LogP contribution in [0, 0.1) is 0 Å². The summed E-state index contributed by atoms with van der Waals surface area (Å²) in [7, 11) is 0. The van der Waals surface area contributed by atoms with E-state index in [0.29, 0.717) is 17.8 Å². The Morgan fingerprint density at radius 1 is 0.842 bits per heavy atom. The third-order valence-electron chi connectivity index (χ3n) is 5.43. The number of benzene rings is 2. The lowest BCUT2D eigenvalue weighted by Gasteiger charge is -2.16. The highest BCUT2D eigenvalue weighted by atomic mass is 32.1. The van der Waals surface area contributed by atoms with Crippen LogP contribution in [-0.2, 0) is 13.0 Å². The second-order valence-electron chi connectivity index (χ2n) is 8.37. The van der Waals surface area contributed by atoms with Crippen LogP contribution in [0.4, 0.5) is 26.3 Å². The van der Waals surface area contributed by atoms with Crippen molar-refractivity contribution in [1.82, 2.24) is 9.88 Å². The highest BCUT2D eigenvalue weighted by molar-refractivity contribution is 7.17. The number of halogens is 6. The van der Waals surface area contributed by atoms with Crippen LogP contribution >= 0.6 is 11.3 Å². The van der Waals surface area contributed by atoms with Crippen LogP contribution in [-0.4, -0.2) is 42.6 Å². The van der Waals surface area contributed by atoms with Crippen LogP contribution < -0.4 is 14.8 Å². The van der Waals surface area contributed by atoms with E-state index in [4.69, 9.17) is 4.74 Å². The molecular formula is C26H22F6N2O3S. The number of carbonyl (C=O) groups excluding carboxylic acids is 1. The fraction of sp³-hybridized carbons (Fsp3) is 0.269. The van der Waals surface area contributed by atoms with Gasteiger partial charge in [-0.25, -0.2) is 0 Å². The van der Waals surface area contributed by atoms with Gasteiger partial charge in [0.1, 0.15) is 5.69 Å². The van der Waals surface area contributed by atoms with Gasteiger partial charge in [0.05, 0.1) is 10.2 Å². The Kier molecular flexibility index (Phi) is 8.20. The molecule has 38 heavy (non-hydrogen) atoms. The molecule has 0 aliphatic carbocycles. The van der Waals surface area contributed by atoms with Gasteiger partial charge in [-0.2, -0.15) is 26.3 Å². The van der Waals surface area contributed by atoms with E-state index >= 15 is 0 Å². The third kappa shape index (κ3) is 7.44. The first kappa shape index (κ1) is 27.4. The molecule has 0 saturated heterocycles. The van der Waals surface area contributed by atoms with Crippen molar-refractivity contribution in [3.63, 3.8) is 0 Å². The van der Waals surface area contributed by atoms with Gasteiger partial charge in [0.2, 0.25) is 0 Å². The molecule has 4 aromatic rings. The van der Waals surface area contributed by atoms with Crippen LogP contribution in [0.2, 0.25) is 0 Å². The molecule has 0 spiro atoms. The molecule has 0 radical (unpaired) electrons. The summed E-state index contributed by atoms with van der Waals surface area (Å²) in [5.74, 6) is -1.26. The maximum absolute atomic E-state index is 13.0. The van der Waals surface area contributed by atoms with Gasteiger partial charge < -0.3 is 19.4 Å². The molecular weight excluding hydrogens is 534 g/mol. The number of hydrogen-bond acceptors (Lipinski definition) is 4. The van der Waals surface area contributed by atoms with Crippen molar-refractivity contribution in [2.75, 3.05) is 19.8 Å². The minimum absolute atomic E-state index is 0.129. The van der Waals surface area contributed by atoms with Gasteiger partial charge in [-0.3, -0.25) is 4.79 Å². The first-order valence-electron chi connectivity index (χ1n) is 11.4. The van der Waals surface area contributed by atoms with Crippen molar-refractivity contribution >= 4 is 27.5 Å². The molecule has 0 atom stereocenters. The van der Waals surface area contributed by atoms with E-state index in [1.807, 2.05) is 46.3 Å². The number of carbonyl (C=O) groups is 1. The van der Waals surface area contributed by atoms with Gasteiger partial charge >= 0.3 is 12.4 Å². The fourth-order valence-electron chi connectivity index (χ4n) is 3.77. The van der Waals surface area contributed by atoms with Crippen LogP contribution in [0.25, 0.3) is 10.2 Å². The third-order valence-corrected chi connectivity index (χ3v) is 6.28. The van der Waals surface area contributed by atoms with Crippen LogP contribution in [0.5, 0.6) is 11.5 Å². The zero-order valence-electron chi connectivity index (χ0n) is 19.7. The summed E-state index contributed by atoms with van der Waals surface area (Å²) in [6.07, 6.45) is -9.16. The highest BCUT2D eigenvalue weighted by Crippen LogP contribution is 2.32. The van der Waals surface area contributed by atoms with Crippen molar-refractivity contribution in [2.24, 2.45) is 0 Å². The normalized spacial score (nSPS) is 12.1. The van der Waals surface area contributed by atoms with E-state index < -0.39 is 37.1 Å². The molecule has 202 valence electrons. The maximum atomic E-state index is 13.0. The summed E-state index contributed by atoms with van der Waals surface area (Å²) >= 11 is 1.51. The molecule has 0 saturated carbocycles. The quantitative estimate of drug-likeness (QED) is 0.224. The Morgan fingerprint density at radius 2 is 1.53 bits per heavy atom. The molecule has 2 heterocycles. The number of nitrogens with one attached hydrogen (secondary N) is 1. The number of hydrogen-bond donors (Lipinski definition) is 1. The number of aromatic nitrogens is 1. The van der Waals surface area contributed by atoms with Gasteiger partial charge in [0.15, 0.2) is 24.7 Å². The number of rotatable bonds is 10. The Morgan fingerprint density at radius 3 is 2.21 bits per heavy atom. The summed E-state index contributed by atoms with van der Waals surface area (Å²) in [5.41, 5.74) is 2.85. The molecule has 0 aliphatic heterocycles. The standard InChI is InChI=1S/C26H22F6N2O3S/c27-25(28,29)15-36-21-7-6-17(12-22(21)37-16-26(30,31)32)8-10-33-24(35)20-13-23-19(9-11-38-23)34(20)14-18-4-2-1-3-5-18/h1-7,9,11-13H,8,10,14-16H2,(H,33,35). The lowest BCUT2D eigenvalue weighted by molar-refractivity contribution is -0.158. The number of amides is 1. The number of alkyl halides is 6. The fourth-order valence-corrected chi connectivity index (χ4v) is 4.59. The summed E-state index contributed by atoms with van der Waals surface area (Å²) < 4.78 is 87.6. The van der Waals surface area contributed by atoms with Crippen molar-refractivity contribution in [3.05, 3.63) is 82.9 Å². The minimum Gasteiger partial charge on any atom is -0.480 e. The van der Waals surface area contributed by atoms with E-state index in [9.17, 15) is 31.1 Å². The molecule has 2 aromatic heterocycles. The lowest BCUT2D eigenvalue weighted by atomic mass is 10.1. The molecule has 0 aliphatic rings. The molecule has 0 fully saturated rings. The average molecular weight is 557 g/mol. The number of ether oxygens (including phenoxy) is 2. The van der Waals surface area contributed by atoms with E-state index in [0.717, 1.165) is 21.8 Å². The summed E-state index contributed by atoms with van der Waals surface area (Å²) in [5, 5.41) is 4.74. The average Bonchev–Trinajstić information content (AvgIpc) is 3.44. The molecule has 2 aromatic carbocycles. The van der Waals surface area contributed by atoms with Crippen LogP contribution in [0.15, 0.2) is 66.0 Å². The smallest absolute Gasteiger partial charge is 0.422 e. The van der Waals surface area contributed by atoms with Crippen LogP contribution in [0.1, 0.15) is 21.6 Å². The first-order valence-corrected chi connectivity index (χ1v) is 12.3. The van der Waals surface area contributed by atoms with Gasteiger partial charge in [-0.15, -0.1) is 11.3 Å². The number of fused-ring (bicyclic) bond motifs is 1. The molecule has 4 rings (SSSR count). The van der Waals surface area contributed by atoms with Crippen LogP contribution in [0.3, 0.4) is 0 Å². The molecule has 1 amide bonds. The zero-order chi connectivity index (χ0) is 27.3. The molecule has 0 bridgehead atoms. The molecule has 0 unspecified atom stereocenters. The van der Waals surface area contributed by atoms with Crippen molar-refractivity contribution in [3.8, 4) is 11.5 Å². The Hall–Kier alpha value is -3.67. The lowest BCUT2D eigenvalue weighted by Crippen LogP contribution is -2.28. The number of thiophene rings is 1. The monoisotopic (exact) mass is 556 g/mol. The highest BCUT2D eigenvalue weighted by Gasteiger charge is 2.31.